The Morgan fingerprint density at radius 1 is 1.17 bits per heavy atom. The molecule has 0 bridgehead atoms. The molecule has 0 spiro atoms. The largest absolute Gasteiger partial charge is 0.478 e. The highest BCUT2D eigenvalue weighted by Gasteiger charge is 2.29. The van der Waals surface area contributed by atoms with Crippen molar-refractivity contribution >= 4 is 39.7 Å². The van der Waals surface area contributed by atoms with E-state index in [-0.39, 0.29) is 5.91 Å². The van der Waals surface area contributed by atoms with Gasteiger partial charge in [0.25, 0.3) is 5.91 Å². The molecule has 0 heterocycles. The molecule has 0 aliphatic carbocycles. The van der Waals surface area contributed by atoms with E-state index in [9.17, 15) is 4.79 Å². The number of carbonyl (C=O) groups is 1. The number of carbonyl (C=O) groups excluding carboxylic acids is 1. The van der Waals surface area contributed by atoms with E-state index in [0.717, 1.165) is 10.0 Å². The van der Waals surface area contributed by atoms with Crippen LogP contribution < -0.4 is 10.2 Å². The summed E-state index contributed by atoms with van der Waals surface area (Å²) in [5, 5.41) is 4.56. The van der Waals surface area contributed by atoms with Gasteiger partial charge in [-0.2, -0.15) is 5.10 Å². The Kier molecular flexibility index (Phi) is 5.80. The average Bonchev–Trinajstić information content (AvgIpc) is 2.51. The van der Waals surface area contributed by atoms with Gasteiger partial charge in [0.05, 0.1) is 6.21 Å². The molecule has 4 nitrogen and oxygen atoms in total. The van der Waals surface area contributed by atoms with E-state index in [2.05, 4.69) is 26.5 Å². The SMILES string of the molecule is CC(C)(Oc1ccc(Cl)cc1)C(=O)NN=Cc1ccc(Br)cc1. The second-order valence-electron chi connectivity index (χ2n) is 5.32. The topological polar surface area (TPSA) is 50.7 Å². The Morgan fingerprint density at radius 3 is 2.39 bits per heavy atom. The summed E-state index contributed by atoms with van der Waals surface area (Å²) in [5.74, 6) is 0.215. The standard InChI is InChI=1S/C17H16BrClN2O2/c1-17(2,23-15-9-7-14(19)8-10-15)16(22)21-20-11-12-3-5-13(18)6-4-12/h3-11H,1-2H3,(H,21,22). The molecule has 6 heteroatoms. The van der Waals surface area contributed by atoms with Crippen LogP contribution in [-0.4, -0.2) is 17.7 Å². The molecule has 0 radical (unpaired) electrons. The van der Waals surface area contributed by atoms with E-state index in [1.165, 1.54) is 0 Å². The molecule has 0 saturated heterocycles. The van der Waals surface area contributed by atoms with E-state index >= 15 is 0 Å². The lowest BCUT2D eigenvalue weighted by molar-refractivity contribution is -0.134. The van der Waals surface area contributed by atoms with Gasteiger partial charge in [0.15, 0.2) is 5.60 Å². The van der Waals surface area contributed by atoms with E-state index < -0.39 is 5.60 Å². The molecule has 0 unspecified atom stereocenters. The first-order chi connectivity index (χ1) is 10.9. The number of nitrogens with one attached hydrogen (secondary N) is 1. The van der Waals surface area contributed by atoms with Crippen molar-refractivity contribution < 1.29 is 9.53 Å². The maximum atomic E-state index is 12.2. The van der Waals surface area contributed by atoms with Crippen LogP contribution in [0.3, 0.4) is 0 Å². The first-order valence-electron chi connectivity index (χ1n) is 6.90. The number of hydrogen-bond acceptors (Lipinski definition) is 3. The number of nitrogens with zero attached hydrogens (tertiary/aromatic N) is 1. The molecule has 0 aliphatic rings. The fraction of sp³-hybridized carbons (Fsp3) is 0.176. The first-order valence-corrected chi connectivity index (χ1v) is 8.07. The molecular formula is C17H16BrClN2O2. The summed E-state index contributed by atoms with van der Waals surface area (Å²) in [4.78, 5) is 12.2. The minimum Gasteiger partial charge on any atom is -0.478 e. The van der Waals surface area contributed by atoms with Gasteiger partial charge in [-0.3, -0.25) is 4.79 Å². The monoisotopic (exact) mass is 394 g/mol. The summed E-state index contributed by atoms with van der Waals surface area (Å²) < 4.78 is 6.67. The third-order valence-electron chi connectivity index (χ3n) is 2.98. The quantitative estimate of drug-likeness (QED) is 0.602. The highest BCUT2D eigenvalue weighted by atomic mass is 79.9. The number of rotatable bonds is 5. The second-order valence-corrected chi connectivity index (χ2v) is 6.67. The zero-order valence-corrected chi connectivity index (χ0v) is 15.1. The molecule has 120 valence electrons. The molecule has 0 atom stereocenters. The Hall–Kier alpha value is -1.85. The minimum absolute atomic E-state index is 0.346. The normalized spacial score (nSPS) is 11.5. The van der Waals surface area contributed by atoms with Crippen molar-refractivity contribution in [3.05, 3.63) is 63.6 Å². The lowest BCUT2D eigenvalue weighted by atomic mass is 10.1. The zero-order chi connectivity index (χ0) is 16.9. The van der Waals surface area contributed by atoms with Gasteiger partial charge in [0, 0.05) is 9.50 Å². The molecule has 0 fully saturated rings. The smallest absolute Gasteiger partial charge is 0.283 e. The van der Waals surface area contributed by atoms with Gasteiger partial charge in [0.2, 0.25) is 0 Å². The van der Waals surface area contributed by atoms with Crippen LogP contribution in [0.2, 0.25) is 5.02 Å². The number of amides is 1. The van der Waals surface area contributed by atoms with Crippen molar-refractivity contribution in [2.24, 2.45) is 5.10 Å². The van der Waals surface area contributed by atoms with Crippen LogP contribution >= 0.6 is 27.5 Å². The summed E-state index contributed by atoms with van der Waals surface area (Å²) in [6.07, 6.45) is 1.57. The van der Waals surface area contributed by atoms with Crippen molar-refractivity contribution in [3.8, 4) is 5.75 Å². The highest BCUT2D eigenvalue weighted by molar-refractivity contribution is 9.10. The van der Waals surface area contributed by atoms with Gasteiger partial charge >= 0.3 is 0 Å². The number of ether oxygens (including phenoxy) is 1. The average molecular weight is 396 g/mol. The van der Waals surface area contributed by atoms with E-state index in [4.69, 9.17) is 16.3 Å². The lowest BCUT2D eigenvalue weighted by Crippen LogP contribution is -2.44. The van der Waals surface area contributed by atoms with Crippen LogP contribution in [0.5, 0.6) is 5.75 Å². The van der Waals surface area contributed by atoms with Crippen molar-refractivity contribution in [1.82, 2.24) is 5.43 Å². The van der Waals surface area contributed by atoms with Gasteiger partial charge in [-0.25, -0.2) is 5.43 Å². The predicted octanol–water partition coefficient (Wildman–Crippen LogP) is 4.41. The Bertz CT molecular complexity index is 698. The molecule has 2 rings (SSSR count). The molecule has 0 aliphatic heterocycles. The Balaban J connectivity index is 1.95. The fourth-order valence-corrected chi connectivity index (χ4v) is 2.08. The summed E-state index contributed by atoms with van der Waals surface area (Å²) >= 11 is 9.18. The minimum atomic E-state index is -1.06. The van der Waals surface area contributed by atoms with Crippen molar-refractivity contribution in [2.75, 3.05) is 0 Å². The van der Waals surface area contributed by atoms with Crippen molar-refractivity contribution in [3.63, 3.8) is 0 Å². The van der Waals surface area contributed by atoms with Crippen molar-refractivity contribution in [2.45, 2.75) is 19.4 Å². The molecule has 1 N–H and O–H groups in total. The van der Waals surface area contributed by atoms with Gasteiger partial charge in [-0.1, -0.05) is 39.7 Å². The van der Waals surface area contributed by atoms with Gasteiger partial charge < -0.3 is 4.74 Å². The number of hydrogen-bond donors (Lipinski definition) is 1. The van der Waals surface area contributed by atoms with E-state index in [1.54, 1.807) is 44.3 Å². The molecule has 0 aromatic heterocycles. The summed E-state index contributed by atoms with van der Waals surface area (Å²) in [7, 11) is 0. The summed E-state index contributed by atoms with van der Waals surface area (Å²) in [6, 6.07) is 14.4. The zero-order valence-electron chi connectivity index (χ0n) is 12.7. The molecular weight excluding hydrogens is 380 g/mol. The Labute approximate surface area is 148 Å². The number of benzene rings is 2. The van der Waals surface area contributed by atoms with Crippen LogP contribution in [0.15, 0.2) is 58.1 Å². The molecule has 1 amide bonds. The maximum Gasteiger partial charge on any atom is 0.283 e. The van der Waals surface area contributed by atoms with Crippen molar-refractivity contribution in [1.29, 1.82) is 0 Å². The number of hydrazone groups is 1. The predicted molar refractivity (Wildman–Crippen MR) is 96.0 cm³/mol. The third kappa shape index (κ3) is 5.37. The molecule has 0 saturated carbocycles. The Morgan fingerprint density at radius 2 is 1.78 bits per heavy atom. The van der Waals surface area contributed by atoms with E-state index in [1.807, 2.05) is 24.3 Å². The van der Waals surface area contributed by atoms with E-state index in [0.29, 0.717) is 10.8 Å². The second kappa shape index (κ2) is 7.62. The van der Waals surface area contributed by atoms with Crippen LogP contribution in [-0.2, 0) is 4.79 Å². The summed E-state index contributed by atoms with van der Waals surface area (Å²) in [6.45, 7) is 3.35. The lowest BCUT2D eigenvalue weighted by Gasteiger charge is -2.24. The van der Waals surface area contributed by atoms with Gasteiger partial charge in [-0.15, -0.1) is 0 Å². The number of halogens is 2. The van der Waals surface area contributed by atoms with Crippen LogP contribution in [0.25, 0.3) is 0 Å². The molecule has 2 aromatic rings. The fourth-order valence-electron chi connectivity index (χ4n) is 1.69. The third-order valence-corrected chi connectivity index (χ3v) is 3.76. The maximum absolute atomic E-state index is 12.2. The molecule has 2 aromatic carbocycles. The van der Waals surface area contributed by atoms with Crippen LogP contribution in [0.1, 0.15) is 19.4 Å². The highest BCUT2D eigenvalue weighted by Crippen LogP contribution is 2.21. The van der Waals surface area contributed by atoms with Crippen LogP contribution in [0, 0.1) is 0 Å². The van der Waals surface area contributed by atoms with Gasteiger partial charge in [0.1, 0.15) is 5.75 Å². The first kappa shape index (κ1) is 17.5. The summed E-state index contributed by atoms with van der Waals surface area (Å²) in [5.41, 5.74) is 2.30. The van der Waals surface area contributed by atoms with Crippen LogP contribution in [0.4, 0.5) is 0 Å². The molecule has 23 heavy (non-hydrogen) atoms. The van der Waals surface area contributed by atoms with Gasteiger partial charge in [-0.05, 0) is 55.8 Å².